The Bertz CT molecular complexity index is 782. The van der Waals surface area contributed by atoms with E-state index in [0.717, 1.165) is 18.7 Å². The van der Waals surface area contributed by atoms with Crippen molar-refractivity contribution < 1.29 is 24.0 Å². The number of methoxy groups -OCH3 is 1. The number of aromatic nitrogens is 2. The van der Waals surface area contributed by atoms with Gasteiger partial charge in [0.1, 0.15) is 5.75 Å². The number of hydrogen-bond donors (Lipinski definition) is 2. The lowest BCUT2D eigenvalue weighted by Gasteiger charge is -2.09. The number of hydrogen-bond acceptors (Lipinski definition) is 6. The van der Waals surface area contributed by atoms with Gasteiger partial charge in [-0.1, -0.05) is 5.16 Å². The lowest BCUT2D eigenvalue weighted by Crippen LogP contribution is -2.14. The van der Waals surface area contributed by atoms with E-state index in [1.165, 1.54) is 19.2 Å². The van der Waals surface area contributed by atoms with Crippen molar-refractivity contribution in [3.8, 4) is 5.75 Å². The van der Waals surface area contributed by atoms with Crippen LogP contribution in [0.1, 0.15) is 53.7 Å². The Labute approximate surface area is 144 Å². The van der Waals surface area contributed by atoms with Crippen LogP contribution in [0.4, 0.5) is 5.69 Å². The second-order valence-electron chi connectivity index (χ2n) is 5.94. The van der Waals surface area contributed by atoms with Gasteiger partial charge in [0.15, 0.2) is 5.82 Å². The van der Waals surface area contributed by atoms with Crippen molar-refractivity contribution in [1.29, 1.82) is 0 Å². The van der Waals surface area contributed by atoms with Gasteiger partial charge in [-0.2, -0.15) is 4.98 Å². The number of nitrogens with zero attached hydrogens (tertiary/aromatic N) is 2. The molecule has 3 rings (SSSR count). The van der Waals surface area contributed by atoms with E-state index in [9.17, 15) is 14.7 Å². The fraction of sp³-hybridized carbons (Fsp3) is 0.412. The molecule has 8 nitrogen and oxygen atoms in total. The van der Waals surface area contributed by atoms with Gasteiger partial charge in [-0.05, 0) is 37.5 Å². The van der Waals surface area contributed by atoms with Crippen LogP contribution in [0.15, 0.2) is 22.7 Å². The van der Waals surface area contributed by atoms with E-state index < -0.39 is 5.97 Å². The third-order valence-corrected chi connectivity index (χ3v) is 3.95. The molecule has 0 saturated heterocycles. The number of rotatable bonds is 8. The average Bonchev–Trinajstić information content (AvgIpc) is 3.34. The van der Waals surface area contributed by atoms with E-state index in [-0.39, 0.29) is 23.6 Å². The van der Waals surface area contributed by atoms with Crippen LogP contribution in [-0.4, -0.2) is 34.2 Å². The van der Waals surface area contributed by atoms with E-state index in [0.29, 0.717) is 30.4 Å². The Kier molecular flexibility index (Phi) is 4.97. The van der Waals surface area contributed by atoms with Gasteiger partial charge in [-0.3, -0.25) is 4.79 Å². The standard InChI is InChI=1S/C17H19N3O5/c1-24-11-7-8-13(12(9-11)17(22)23)18-14(21)3-2-4-15-19-16(20-25-15)10-5-6-10/h7-10H,2-6H2,1H3,(H,18,21)(H,22,23). The molecule has 132 valence electrons. The minimum Gasteiger partial charge on any atom is -0.497 e. The third-order valence-electron chi connectivity index (χ3n) is 3.95. The largest absolute Gasteiger partial charge is 0.497 e. The van der Waals surface area contributed by atoms with Crippen molar-refractivity contribution >= 4 is 17.6 Å². The number of carboxylic acid groups (broad SMARTS) is 1. The summed E-state index contributed by atoms with van der Waals surface area (Å²) in [6.07, 6.45) is 3.49. The van der Waals surface area contributed by atoms with Crippen LogP contribution in [0.2, 0.25) is 0 Å². The molecule has 0 aliphatic heterocycles. The van der Waals surface area contributed by atoms with Crippen molar-refractivity contribution in [2.24, 2.45) is 0 Å². The molecule has 1 aromatic heterocycles. The van der Waals surface area contributed by atoms with E-state index in [4.69, 9.17) is 9.26 Å². The lowest BCUT2D eigenvalue weighted by molar-refractivity contribution is -0.116. The highest BCUT2D eigenvalue weighted by molar-refractivity contribution is 6.00. The number of aryl methyl sites for hydroxylation is 1. The van der Waals surface area contributed by atoms with Crippen molar-refractivity contribution in [3.05, 3.63) is 35.5 Å². The first-order chi connectivity index (χ1) is 12.1. The van der Waals surface area contributed by atoms with Crippen LogP contribution in [0.3, 0.4) is 0 Å². The SMILES string of the molecule is COc1ccc(NC(=O)CCCc2nc(C3CC3)no2)c(C(=O)O)c1. The van der Waals surface area contributed by atoms with Crippen molar-refractivity contribution in [1.82, 2.24) is 10.1 Å². The Balaban J connectivity index is 1.52. The Hall–Kier alpha value is -2.90. The fourth-order valence-corrected chi connectivity index (χ4v) is 2.43. The first-order valence-corrected chi connectivity index (χ1v) is 8.10. The van der Waals surface area contributed by atoms with Crippen LogP contribution < -0.4 is 10.1 Å². The van der Waals surface area contributed by atoms with Crippen LogP contribution in [0.25, 0.3) is 0 Å². The van der Waals surface area contributed by atoms with Crippen LogP contribution in [0.5, 0.6) is 5.75 Å². The molecule has 0 radical (unpaired) electrons. The second-order valence-corrected chi connectivity index (χ2v) is 5.94. The molecule has 2 aromatic rings. The molecule has 2 N–H and O–H groups in total. The lowest BCUT2D eigenvalue weighted by atomic mass is 10.1. The molecule has 1 aromatic carbocycles. The first-order valence-electron chi connectivity index (χ1n) is 8.10. The zero-order valence-corrected chi connectivity index (χ0v) is 13.8. The van der Waals surface area contributed by atoms with E-state index >= 15 is 0 Å². The smallest absolute Gasteiger partial charge is 0.337 e. The van der Waals surface area contributed by atoms with Gasteiger partial charge in [0.05, 0.1) is 18.4 Å². The number of nitrogens with one attached hydrogen (secondary N) is 1. The summed E-state index contributed by atoms with van der Waals surface area (Å²) >= 11 is 0. The molecule has 1 fully saturated rings. The predicted octanol–water partition coefficient (Wildman–Crippen LogP) is 2.62. The van der Waals surface area contributed by atoms with Crippen LogP contribution >= 0.6 is 0 Å². The van der Waals surface area contributed by atoms with Gasteiger partial charge >= 0.3 is 5.97 Å². The van der Waals surface area contributed by atoms with Crippen LogP contribution in [0, 0.1) is 0 Å². The van der Waals surface area contributed by atoms with Crippen molar-refractivity contribution in [3.63, 3.8) is 0 Å². The molecule has 1 heterocycles. The molecule has 0 spiro atoms. The van der Waals surface area contributed by atoms with E-state index in [1.807, 2.05) is 0 Å². The highest BCUT2D eigenvalue weighted by Gasteiger charge is 2.28. The quantitative estimate of drug-likeness (QED) is 0.755. The number of carbonyl (C=O) groups excluding carboxylic acids is 1. The summed E-state index contributed by atoms with van der Waals surface area (Å²) in [6.45, 7) is 0. The summed E-state index contributed by atoms with van der Waals surface area (Å²) in [5.41, 5.74) is 0.228. The maximum absolute atomic E-state index is 12.1. The number of carbonyl (C=O) groups is 2. The topological polar surface area (TPSA) is 115 Å². The maximum Gasteiger partial charge on any atom is 0.337 e. The molecule has 1 aliphatic carbocycles. The average molecular weight is 345 g/mol. The molecule has 0 atom stereocenters. The summed E-state index contributed by atoms with van der Waals surface area (Å²) in [5, 5.41) is 15.8. The Morgan fingerprint density at radius 1 is 1.40 bits per heavy atom. The second kappa shape index (κ2) is 7.33. The highest BCUT2D eigenvalue weighted by Crippen LogP contribution is 2.38. The normalized spacial score (nSPS) is 13.5. The summed E-state index contributed by atoms with van der Waals surface area (Å²) in [6, 6.07) is 4.48. The number of anilines is 1. The van der Waals surface area contributed by atoms with Gasteiger partial charge in [-0.15, -0.1) is 0 Å². The van der Waals surface area contributed by atoms with Crippen molar-refractivity contribution in [2.75, 3.05) is 12.4 Å². The van der Waals surface area contributed by atoms with Gasteiger partial charge in [0.25, 0.3) is 0 Å². The van der Waals surface area contributed by atoms with Crippen LogP contribution in [-0.2, 0) is 11.2 Å². The Morgan fingerprint density at radius 2 is 2.20 bits per heavy atom. The zero-order valence-electron chi connectivity index (χ0n) is 13.8. The molecule has 25 heavy (non-hydrogen) atoms. The maximum atomic E-state index is 12.1. The molecule has 0 unspecified atom stereocenters. The molecular formula is C17H19N3O5. The molecule has 1 saturated carbocycles. The number of ether oxygens (including phenoxy) is 1. The fourth-order valence-electron chi connectivity index (χ4n) is 2.43. The summed E-state index contributed by atoms with van der Waals surface area (Å²) in [7, 11) is 1.45. The Morgan fingerprint density at radius 3 is 2.88 bits per heavy atom. The summed E-state index contributed by atoms with van der Waals surface area (Å²) in [5.74, 6) is 0.736. The summed E-state index contributed by atoms with van der Waals surface area (Å²) < 4.78 is 10.2. The third kappa shape index (κ3) is 4.34. The minimum atomic E-state index is -1.13. The molecule has 1 aliphatic rings. The van der Waals surface area contributed by atoms with E-state index in [2.05, 4.69) is 15.5 Å². The molecule has 0 bridgehead atoms. The molecule has 8 heteroatoms. The predicted molar refractivity (Wildman–Crippen MR) is 87.8 cm³/mol. The number of aromatic carboxylic acids is 1. The van der Waals surface area contributed by atoms with Gasteiger partial charge < -0.3 is 19.7 Å². The summed E-state index contributed by atoms with van der Waals surface area (Å²) in [4.78, 5) is 27.7. The zero-order chi connectivity index (χ0) is 17.8. The van der Waals surface area contributed by atoms with Gasteiger partial charge in [-0.25, -0.2) is 4.79 Å². The number of carboxylic acids is 1. The van der Waals surface area contributed by atoms with Gasteiger partial charge in [0.2, 0.25) is 11.8 Å². The van der Waals surface area contributed by atoms with E-state index in [1.54, 1.807) is 6.07 Å². The van der Waals surface area contributed by atoms with Gasteiger partial charge in [0, 0.05) is 18.8 Å². The number of amides is 1. The highest BCUT2D eigenvalue weighted by atomic mass is 16.5. The molecular weight excluding hydrogens is 326 g/mol. The first kappa shape index (κ1) is 16.9. The monoisotopic (exact) mass is 345 g/mol. The van der Waals surface area contributed by atoms with Crippen molar-refractivity contribution in [2.45, 2.75) is 38.0 Å². The number of benzene rings is 1. The minimum absolute atomic E-state index is 0.0151. The molecule has 1 amide bonds.